The van der Waals surface area contributed by atoms with Gasteiger partial charge in [0.1, 0.15) is 12.4 Å². The molecule has 90 valence electrons. The van der Waals surface area contributed by atoms with Gasteiger partial charge in [-0.1, -0.05) is 41.7 Å². The molecule has 18 heavy (non-hydrogen) atoms. The van der Waals surface area contributed by atoms with E-state index in [1.807, 2.05) is 48.5 Å². The van der Waals surface area contributed by atoms with Crippen LogP contribution in [-0.4, -0.2) is 4.98 Å². The first-order chi connectivity index (χ1) is 8.81. The molecular weight excluding hydrogens is 244 g/mol. The van der Waals surface area contributed by atoms with Gasteiger partial charge in [-0.25, -0.2) is 4.98 Å². The van der Waals surface area contributed by atoms with Gasteiger partial charge in [0.25, 0.3) is 0 Å². The number of hydrogen-bond acceptors (Lipinski definition) is 4. The van der Waals surface area contributed by atoms with Crippen LogP contribution in [0.2, 0.25) is 0 Å². The third-order valence-corrected chi connectivity index (χ3v) is 3.49. The lowest BCUT2D eigenvalue weighted by Crippen LogP contribution is -1.94. The standard InChI is InChI=1S/C14H12N2OS/c15-14-16-12-8-11(6-7-13(12)18-14)17-9-10-4-2-1-3-5-10/h1-8H,9H2,(H2,15,16). The minimum Gasteiger partial charge on any atom is -0.489 e. The van der Waals surface area contributed by atoms with Gasteiger partial charge in [0.15, 0.2) is 5.13 Å². The molecule has 0 unspecified atom stereocenters. The first kappa shape index (κ1) is 11.0. The van der Waals surface area contributed by atoms with Crippen LogP contribution in [0, 0.1) is 0 Å². The number of nitrogen functional groups attached to an aromatic ring is 1. The number of benzene rings is 2. The Labute approximate surface area is 109 Å². The molecule has 0 amide bonds. The molecule has 0 saturated carbocycles. The molecule has 0 aliphatic rings. The molecule has 3 rings (SSSR count). The predicted molar refractivity (Wildman–Crippen MR) is 74.8 cm³/mol. The highest BCUT2D eigenvalue weighted by Gasteiger charge is 2.03. The molecule has 3 nitrogen and oxygen atoms in total. The van der Waals surface area contributed by atoms with Gasteiger partial charge >= 0.3 is 0 Å². The minimum atomic E-state index is 0.561. The van der Waals surface area contributed by atoms with Crippen LogP contribution < -0.4 is 10.5 Å². The molecular formula is C14H12N2OS. The van der Waals surface area contributed by atoms with E-state index in [1.165, 1.54) is 11.3 Å². The summed E-state index contributed by atoms with van der Waals surface area (Å²) in [5.41, 5.74) is 7.71. The topological polar surface area (TPSA) is 48.1 Å². The van der Waals surface area contributed by atoms with Crippen molar-refractivity contribution in [2.24, 2.45) is 0 Å². The second kappa shape index (κ2) is 4.66. The Morgan fingerprint density at radius 3 is 2.78 bits per heavy atom. The van der Waals surface area contributed by atoms with Gasteiger partial charge in [-0.2, -0.15) is 0 Å². The summed E-state index contributed by atoms with van der Waals surface area (Å²) >= 11 is 1.49. The number of hydrogen-bond donors (Lipinski definition) is 1. The van der Waals surface area contributed by atoms with Crippen molar-refractivity contribution in [1.82, 2.24) is 4.98 Å². The number of nitrogens with two attached hydrogens (primary N) is 1. The summed E-state index contributed by atoms with van der Waals surface area (Å²) < 4.78 is 6.82. The molecule has 2 N–H and O–H groups in total. The molecule has 0 radical (unpaired) electrons. The molecule has 1 aromatic heterocycles. The van der Waals surface area contributed by atoms with Gasteiger partial charge in [-0.3, -0.25) is 0 Å². The average Bonchev–Trinajstić information content (AvgIpc) is 2.77. The zero-order valence-electron chi connectivity index (χ0n) is 9.67. The molecule has 3 aromatic rings. The molecule has 0 saturated heterocycles. The van der Waals surface area contributed by atoms with Gasteiger partial charge in [0.2, 0.25) is 0 Å². The quantitative estimate of drug-likeness (QED) is 0.780. The highest BCUT2D eigenvalue weighted by Crippen LogP contribution is 2.27. The number of thiazole rings is 1. The van der Waals surface area contributed by atoms with Crippen LogP contribution in [0.3, 0.4) is 0 Å². The molecule has 0 aliphatic carbocycles. The summed E-state index contributed by atoms with van der Waals surface area (Å²) in [6.07, 6.45) is 0. The lowest BCUT2D eigenvalue weighted by Gasteiger charge is -2.05. The first-order valence-corrected chi connectivity index (χ1v) is 6.46. The normalized spacial score (nSPS) is 10.7. The van der Waals surface area contributed by atoms with Gasteiger partial charge in [0, 0.05) is 6.07 Å². The summed E-state index contributed by atoms with van der Waals surface area (Å²) in [4.78, 5) is 4.25. The predicted octanol–water partition coefficient (Wildman–Crippen LogP) is 3.46. The molecule has 2 aromatic carbocycles. The van der Waals surface area contributed by atoms with Crippen LogP contribution in [0.25, 0.3) is 10.2 Å². The van der Waals surface area contributed by atoms with Crippen molar-refractivity contribution in [3.63, 3.8) is 0 Å². The van der Waals surface area contributed by atoms with Gasteiger partial charge < -0.3 is 10.5 Å². The Morgan fingerprint density at radius 1 is 1.11 bits per heavy atom. The third-order valence-electron chi connectivity index (χ3n) is 2.62. The van der Waals surface area contributed by atoms with Crippen LogP contribution in [0.5, 0.6) is 5.75 Å². The monoisotopic (exact) mass is 256 g/mol. The summed E-state index contributed by atoms with van der Waals surface area (Å²) in [6, 6.07) is 15.9. The minimum absolute atomic E-state index is 0.561. The molecule has 0 atom stereocenters. The lowest BCUT2D eigenvalue weighted by molar-refractivity contribution is 0.306. The number of fused-ring (bicyclic) bond motifs is 1. The van der Waals surface area contributed by atoms with E-state index in [4.69, 9.17) is 10.5 Å². The van der Waals surface area contributed by atoms with Crippen LogP contribution in [0.1, 0.15) is 5.56 Å². The fourth-order valence-corrected chi connectivity index (χ4v) is 2.47. The maximum atomic E-state index is 5.73. The number of aromatic nitrogens is 1. The Balaban J connectivity index is 1.78. The molecule has 0 bridgehead atoms. The van der Waals surface area contributed by atoms with E-state index in [1.54, 1.807) is 0 Å². The van der Waals surface area contributed by atoms with E-state index in [0.29, 0.717) is 11.7 Å². The number of nitrogens with zero attached hydrogens (tertiary/aromatic N) is 1. The number of rotatable bonds is 3. The van der Waals surface area contributed by atoms with Crippen LogP contribution >= 0.6 is 11.3 Å². The van der Waals surface area contributed by atoms with Gasteiger partial charge in [-0.15, -0.1) is 0 Å². The molecule has 0 spiro atoms. The second-order valence-corrected chi connectivity index (χ2v) is 5.02. The van der Waals surface area contributed by atoms with Crippen molar-refractivity contribution in [3.8, 4) is 5.75 Å². The highest BCUT2D eigenvalue weighted by molar-refractivity contribution is 7.22. The number of ether oxygens (including phenoxy) is 1. The average molecular weight is 256 g/mol. The van der Waals surface area contributed by atoms with Crippen molar-refractivity contribution in [1.29, 1.82) is 0 Å². The van der Waals surface area contributed by atoms with Gasteiger partial charge in [0.05, 0.1) is 10.2 Å². The van der Waals surface area contributed by atoms with Crippen LogP contribution in [0.15, 0.2) is 48.5 Å². The Bertz CT molecular complexity index is 664. The fraction of sp³-hybridized carbons (Fsp3) is 0.0714. The zero-order valence-corrected chi connectivity index (χ0v) is 10.5. The van der Waals surface area contributed by atoms with E-state index in [-0.39, 0.29) is 0 Å². The van der Waals surface area contributed by atoms with Crippen molar-refractivity contribution >= 4 is 26.7 Å². The third kappa shape index (κ3) is 2.28. The fourth-order valence-electron chi connectivity index (χ4n) is 1.76. The maximum Gasteiger partial charge on any atom is 0.181 e. The van der Waals surface area contributed by atoms with E-state index < -0.39 is 0 Å². The second-order valence-electron chi connectivity index (χ2n) is 3.96. The largest absolute Gasteiger partial charge is 0.489 e. The molecule has 4 heteroatoms. The van der Waals surface area contributed by atoms with Gasteiger partial charge in [-0.05, 0) is 17.7 Å². The van der Waals surface area contributed by atoms with Crippen molar-refractivity contribution < 1.29 is 4.74 Å². The SMILES string of the molecule is Nc1nc2cc(OCc3ccccc3)ccc2s1. The zero-order chi connectivity index (χ0) is 12.4. The van der Waals surface area contributed by atoms with Crippen molar-refractivity contribution in [3.05, 3.63) is 54.1 Å². The van der Waals surface area contributed by atoms with Crippen LogP contribution in [-0.2, 0) is 6.61 Å². The van der Waals surface area contributed by atoms with E-state index >= 15 is 0 Å². The highest BCUT2D eigenvalue weighted by atomic mass is 32.1. The number of anilines is 1. The maximum absolute atomic E-state index is 5.73. The molecule has 0 fully saturated rings. The van der Waals surface area contributed by atoms with E-state index in [9.17, 15) is 0 Å². The van der Waals surface area contributed by atoms with E-state index in [2.05, 4.69) is 4.98 Å². The summed E-state index contributed by atoms with van der Waals surface area (Å²) in [5, 5.41) is 0.588. The Morgan fingerprint density at radius 2 is 1.94 bits per heavy atom. The summed E-state index contributed by atoms with van der Waals surface area (Å²) in [5.74, 6) is 0.816. The summed E-state index contributed by atoms with van der Waals surface area (Å²) in [6.45, 7) is 0.561. The van der Waals surface area contributed by atoms with Crippen LogP contribution in [0.4, 0.5) is 5.13 Å². The van der Waals surface area contributed by atoms with Crippen molar-refractivity contribution in [2.75, 3.05) is 5.73 Å². The molecule has 0 aliphatic heterocycles. The first-order valence-electron chi connectivity index (χ1n) is 5.64. The Hall–Kier alpha value is -2.07. The summed E-state index contributed by atoms with van der Waals surface area (Å²) in [7, 11) is 0. The lowest BCUT2D eigenvalue weighted by atomic mass is 10.2. The van der Waals surface area contributed by atoms with E-state index in [0.717, 1.165) is 21.5 Å². The van der Waals surface area contributed by atoms with Crippen molar-refractivity contribution in [2.45, 2.75) is 6.61 Å². The Kier molecular flexibility index (Phi) is 2.86. The smallest absolute Gasteiger partial charge is 0.181 e. The molecule has 1 heterocycles.